The monoisotopic (exact) mass is 814 g/mol. The van der Waals surface area contributed by atoms with Crippen LogP contribution in [-0.4, -0.2) is 79.8 Å². The number of nitrogens with two attached hydrogens (primary N) is 1. The first-order chi connectivity index (χ1) is 26.7. The molecule has 57 heavy (non-hydrogen) atoms. The molecule has 1 saturated heterocycles. The van der Waals surface area contributed by atoms with Crippen LogP contribution in [0, 0.1) is 29.1 Å². The third-order valence-corrected chi connectivity index (χ3v) is 11.2. The lowest BCUT2D eigenvalue weighted by atomic mass is 9.87. The number of ether oxygens (including phenoxy) is 4. The highest BCUT2D eigenvalue weighted by Gasteiger charge is 2.63. The summed E-state index contributed by atoms with van der Waals surface area (Å²) in [6.07, 6.45) is -2.95. The van der Waals surface area contributed by atoms with Crippen LogP contribution in [0.15, 0.2) is 46.5 Å². The van der Waals surface area contributed by atoms with Crippen molar-refractivity contribution in [1.82, 2.24) is 9.76 Å². The van der Waals surface area contributed by atoms with Gasteiger partial charge in [0.25, 0.3) is 0 Å². The molecule has 0 aliphatic carbocycles. The Labute approximate surface area is 336 Å². The molecule has 0 saturated carbocycles. The van der Waals surface area contributed by atoms with E-state index in [1.807, 2.05) is 40.7 Å². The Morgan fingerprint density at radius 2 is 1.68 bits per heavy atom. The maximum atomic E-state index is 14.8. The third-order valence-electron chi connectivity index (χ3n) is 9.54. The summed E-state index contributed by atoms with van der Waals surface area (Å²) in [5, 5.41) is 17.7. The highest BCUT2D eigenvalue weighted by Crippen LogP contribution is 2.49. The Balaban J connectivity index is 2.17. The zero-order chi connectivity index (χ0) is 42.9. The number of nitrogens with zero attached hydrogens (tertiary/aromatic N) is 4. The van der Waals surface area contributed by atoms with Gasteiger partial charge in [-0.1, -0.05) is 87.3 Å². The van der Waals surface area contributed by atoms with Crippen molar-refractivity contribution >= 4 is 38.2 Å². The zero-order valence-corrected chi connectivity index (χ0v) is 35.8. The first-order valence-corrected chi connectivity index (χ1v) is 20.7. The molecule has 0 amide bonds. The van der Waals surface area contributed by atoms with Crippen LogP contribution in [0.4, 0.5) is 0 Å². The van der Waals surface area contributed by atoms with E-state index in [0.717, 1.165) is 18.4 Å². The lowest BCUT2D eigenvalue weighted by Gasteiger charge is -2.30. The number of carbonyl (C=O) groups excluding carboxylic acids is 3. The van der Waals surface area contributed by atoms with Crippen LogP contribution in [0.25, 0.3) is 0 Å². The van der Waals surface area contributed by atoms with Gasteiger partial charge in [0.15, 0.2) is 12.2 Å². The Bertz CT molecular complexity index is 1860. The Morgan fingerprint density at radius 1 is 1.05 bits per heavy atom. The second-order valence-corrected chi connectivity index (χ2v) is 17.3. The number of hydrogen-bond donors (Lipinski definition) is 2. The van der Waals surface area contributed by atoms with Crippen LogP contribution in [0.2, 0.25) is 0 Å². The molecule has 1 unspecified atom stereocenters. The van der Waals surface area contributed by atoms with E-state index in [-0.39, 0.29) is 40.9 Å². The number of nitriles is 1. The molecule has 16 nitrogen and oxygen atoms in total. The molecular formula is C40H59N6O10P. The van der Waals surface area contributed by atoms with Crippen LogP contribution in [-0.2, 0) is 53.4 Å². The van der Waals surface area contributed by atoms with Crippen LogP contribution < -0.4 is 15.3 Å². The topological polar surface area (TPSA) is 215 Å². The largest absolute Gasteiger partial charge is 0.464 e. The van der Waals surface area contributed by atoms with E-state index in [1.54, 1.807) is 45.9 Å². The van der Waals surface area contributed by atoms with Gasteiger partial charge in [0.2, 0.25) is 5.60 Å². The highest BCUT2D eigenvalue weighted by molar-refractivity contribution is 7.52. The van der Waals surface area contributed by atoms with Crippen LogP contribution >= 0.6 is 7.75 Å². The molecule has 2 aromatic rings. The van der Waals surface area contributed by atoms with Crippen molar-refractivity contribution in [2.45, 2.75) is 117 Å². The summed E-state index contributed by atoms with van der Waals surface area (Å²) in [5.41, 5.74) is 4.74. The fourth-order valence-electron chi connectivity index (χ4n) is 5.83. The summed E-state index contributed by atoms with van der Waals surface area (Å²) in [6.45, 7) is 21.0. The van der Waals surface area contributed by atoms with E-state index in [4.69, 9.17) is 33.7 Å². The summed E-state index contributed by atoms with van der Waals surface area (Å²) in [4.78, 5) is 43.8. The summed E-state index contributed by atoms with van der Waals surface area (Å²) in [5.74, 6) is -3.11. The molecule has 3 rings (SSSR count). The smallest absolute Gasteiger partial charge is 0.459 e. The average Bonchev–Trinajstić information content (AvgIpc) is 3.73. The van der Waals surface area contributed by atoms with E-state index in [9.17, 15) is 24.2 Å². The number of amidine groups is 1. The van der Waals surface area contributed by atoms with Crippen LogP contribution in [0.1, 0.15) is 99.0 Å². The molecule has 1 aromatic carbocycles. The lowest BCUT2D eigenvalue weighted by molar-refractivity contribution is -0.173. The van der Waals surface area contributed by atoms with Crippen molar-refractivity contribution in [3.05, 3.63) is 53.3 Å². The van der Waals surface area contributed by atoms with Crippen LogP contribution in [0.3, 0.4) is 0 Å². The number of benzene rings is 1. The predicted octanol–water partition coefficient (Wildman–Crippen LogP) is 6.00. The number of aliphatic imine (C=N–C) groups is 1. The van der Waals surface area contributed by atoms with E-state index < -0.39 is 74.1 Å². The van der Waals surface area contributed by atoms with Gasteiger partial charge in [-0.3, -0.25) is 23.9 Å². The van der Waals surface area contributed by atoms with Gasteiger partial charge >= 0.3 is 25.7 Å². The van der Waals surface area contributed by atoms with Gasteiger partial charge < -0.3 is 29.2 Å². The lowest BCUT2D eigenvalue weighted by Crippen LogP contribution is -2.47. The molecule has 1 fully saturated rings. The van der Waals surface area contributed by atoms with Crippen molar-refractivity contribution in [3.63, 3.8) is 0 Å². The second-order valence-electron chi connectivity index (χ2n) is 15.6. The van der Waals surface area contributed by atoms with Crippen molar-refractivity contribution in [3.8, 4) is 11.8 Å². The number of aromatic nitrogens is 1. The minimum atomic E-state index is -4.56. The SMILES string of the molecule is C=Nn1c(C(N)=NC)ccc1[C@]1(C#N)O[C@H](COP(=O)(N[C@@H](C)C(=O)OCC(CC)CC)Oc2cccc(C(C)(C)C)c2)[C@@H](OC(=O)C(C)C)[C@H]1OC(=O)C(C)C. The fourth-order valence-corrected chi connectivity index (χ4v) is 7.32. The molecular weight excluding hydrogens is 755 g/mol. The van der Waals surface area contributed by atoms with E-state index in [1.165, 1.54) is 30.8 Å². The van der Waals surface area contributed by atoms with Gasteiger partial charge in [-0.2, -0.15) is 15.5 Å². The van der Waals surface area contributed by atoms with E-state index in [2.05, 4.69) is 28.0 Å². The van der Waals surface area contributed by atoms with Crippen molar-refractivity contribution in [2.75, 3.05) is 20.3 Å². The zero-order valence-electron chi connectivity index (χ0n) is 34.9. The van der Waals surface area contributed by atoms with E-state index in [0.29, 0.717) is 0 Å². The number of nitrogens with one attached hydrogen (secondary N) is 1. The minimum Gasteiger partial charge on any atom is -0.464 e. The first-order valence-electron chi connectivity index (χ1n) is 19.1. The van der Waals surface area contributed by atoms with Gasteiger partial charge in [-0.25, -0.2) is 9.24 Å². The van der Waals surface area contributed by atoms with Crippen LogP contribution in [0.5, 0.6) is 5.75 Å². The minimum absolute atomic E-state index is 0.0154. The standard InChI is InChI=1S/C40H59N6O10P/c1-13-27(14-2)21-51-38(49)26(7)45-57(50,56-29-17-15-16-28(20-29)39(8,9)10)52-22-31-33(53-36(47)24(3)4)34(54-37(48)25(5)6)40(23-41,55-31)32-19-18-30(35(42)43-11)46(32)44-12/h15-20,24-27,31,33-34H,12-14,21-22H2,1-11H3,(H2,42,43)(H,45,50)/t26-,31+,33+,34+,40-,57?/m0/s1. The first kappa shape index (κ1) is 46.8. The molecule has 3 N–H and O–H groups in total. The maximum Gasteiger partial charge on any atom is 0.459 e. The van der Waals surface area contributed by atoms with Gasteiger partial charge in [0, 0.05) is 13.8 Å². The molecule has 1 aliphatic heterocycles. The number of esters is 3. The van der Waals surface area contributed by atoms with Gasteiger partial charge in [-0.05, 0) is 48.1 Å². The molecule has 0 spiro atoms. The quantitative estimate of drug-likeness (QED) is 0.0548. The van der Waals surface area contributed by atoms with Gasteiger partial charge in [0.1, 0.15) is 35.5 Å². The Hall–Kier alpha value is -4.55. The summed E-state index contributed by atoms with van der Waals surface area (Å²) < 4.78 is 52.1. The third kappa shape index (κ3) is 11.3. The second kappa shape index (κ2) is 19.7. The normalized spacial score (nSPS) is 21.5. The fraction of sp³-hybridized carbons (Fsp3) is 0.600. The van der Waals surface area contributed by atoms with Crippen molar-refractivity contribution in [1.29, 1.82) is 5.26 Å². The molecule has 17 heteroatoms. The van der Waals surface area contributed by atoms with Crippen molar-refractivity contribution < 1.29 is 46.9 Å². The maximum absolute atomic E-state index is 14.8. The Kier molecular flexibility index (Phi) is 16.2. The number of hydrogen-bond acceptors (Lipinski definition) is 13. The van der Waals surface area contributed by atoms with Crippen molar-refractivity contribution in [2.24, 2.45) is 33.6 Å². The molecule has 0 bridgehead atoms. The van der Waals surface area contributed by atoms with E-state index >= 15 is 0 Å². The summed E-state index contributed by atoms with van der Waals surface area (Å²) in [6, 6.07) is 10.8. The number of rotatable bonds is 19. The average molecular weight is 815 g/mol. The molecule has 1 aliphatic rings. The predicted molar refractivity (Wildman–Crippen MR) is 215 cm³/mol. The molecule has 6 atom stereocenters. The molecule has 2 heterocycles. The molecule has 314 valence electrons. The molecule has 0 radical (unpaired) electrons. The van der Waals surface area contributed by atoms with Gasteiger partial charge in [0.05, 0.1) is 30.7 Å². The summed E-state index contributed by atoms with van der Waals surface area (Å²) >= 11 is 0. The Morgan fingerprint density at radius 3 is 2.23 bits per heavy atom. The van der Waals surface area contributed by atoms with Gasteiger partial charge in [-0.15, -0.1) is 0 Å². The molecule has 1 aromatic heterocycles. The summed E-state index contributed by atoms with van der Waals surface area (Å²) in [7, 11) is -3.10. The highest BCUT2D eigenvalue weighted by atomic mass is 31.2. The number of carbonyl (C=O) groups is 3.